The summed E-state index contributed by atoms with van der Waals surface area (Å²) in [4.78, 5) is 31.8. The highest BCUT2D eigenvalue weighted by molar-refractivity contribution is 5.89. The highest BCUT2D eigenvalue weighted by Crippen LogP contribution is 2.25. The standard InChI is InChI=1S/C27H36N4O2/c1-21-8-6-12-25(22(21)2)29-16-18-30(19-17-29)26(32)14-13-23-9-7-15-31(20-23)27(33)28-24-10-4-3-5-11-24/h3-6,8,10-12,23H,7,9,13-20H2,1-2H3,(H,28,33). The molecule has 33 heavy (non-hydrogen) atoms. The van der Waals surface area contributed by atoms with Crippen LogP contribution in [0.5, 0.6) is 0 Å². The first kappa shape index (κ1) is 23.1. The van der Waals surface area contributed by atoms with Crippen LogP contribution in [-0.2, 0) is 4.79 Å². The largest absolute Gasteiger partial charge is 0.368 e. The number of carbonyl (C=O) groups is 2. The fraction of sp³-hybridized carbons (Fsp3) is 0.481. The Morgan fingerprint density at radius 1 is 0.909 bits per heavy atom. The van der Waals surface area contributed by atoms with Crippen LogP contribution in [0.1, 0.15) is 36.8 Å². The minimum absolute atomic E-state index is 0.0419. The zero-order chi connectivity index (χ0) is 23.2. The number of urea groups is 1. The quantitative estimate of drug-likeness (QED) is 0.723. The van der Waals surface area contributed by atoms with Crippen molar-refractivity contribution in [1.82, 2.24) is 9.80 Å². The Balaban J connectivity index is 1.22. The summed E-state index contributed by atoms with van der Waals surface area (Å²) < 4.78 is 0. The van der Waals surface area contributed by atoms with Crippen LogP contribution in [-0.4, -0.2) is 61.0 Å². The van der Waals surface area contributed by atoms with Gasteiger partial charge in [0.15, 0.2) is 0 Å². The summed E-state index contributed by atoms with van der Waals surface area (Å²) in [6.07, 6.45) is 3.51. The minimum atomic E-state index is -0.0419. The van der Waals surface area contributed by atoms with Crippen LogP contribution in [0.15, 0.2) is 48.5 Å². The van der Waals surface area contributed by atoms with E-state index < -0.39 is 0 Å². The Morgan fingerprint density at radius 3 is 2.42 bits per heavy atom. The molecule has 2 aliphatic heterocycles. The average Bonchev–Trinajstić information content (AvgIpc) is 2.85. The van der Waals surface area contributed by atoms with E-state index in [0.717, 1.165) is 64.2 Å². The molecule has 6 heteroatoms. The number of benzene rings is 2. The summed E-state index contributed by atoms with van der Waals surface area (Å²) in [6, 6.07) is 16.0. The molecule has 2 fully saturated rings. The molecule has 0 aromatic heterocycles. The van der Waals surface area contributed by atoms with Crippen molar-refractivity contribution in [3.63, 3.8) is 0 Å². The van der Waals surface area contributed by atoms with Gasteiger partial charge in [0, 0.05) is 57.1 Å². The number of nitrogens with one attached hydrogen (secondary N) is 1. The van der Waals surface area contributed by atoms with Gasteiger partial charge < -0.3 is 20.0 Å². The van der Waals surface area contributed by atoms with Gasteiger partial charge in [0.05, 0.1) is 0 Å². The number of hydrogen-bond acceptors (Lipinski definition) is 3. The summed E-state index contributed by atoms with van der Waals surface area (Å²) >= 11 is 0. The molecule has 6 nitrogen and oxygen atoms in total. The van der Waals surface area contributed by atoms with Crippen molar-refractivity contribution in [3.8, 4) is 0 Å². The average molecular weight is 449 g/mol. The van der Waals surface area contributed by atoms with Crippen LogP contribution in [0.3, 0.4) is 0 Å². The molecule has 2 saturated heterocycles. The van der Waals surface area contributed by atoms with Gasteiger partial charge in [-0.15, -0.1) is 0 Å². The van der Waals surface area contributed by atoms with E-state index in [9.17, 15) is 9.59 Å². The highest BCUT2D eigenvalue weighted by Gasteiger charge is 2.26. The Bertz CT molecular complexity index is 954. The van der Waals surface area contributed by atoms with E-state index in [1.165, 1.54) is 16.8 Å². The second-order valence-corrected chi connectivity index (χ2v) is 9.38. The fourth-order valence-corrected chi connectivity index (χ4v) is 4.97. The zero-order valence-corrected chi connectivity index (χ0v) is 19.9. The smallest absolute Gasteiger partial charge is 0.321 e. The number of rotatable bonds is 5. The minimum Gasteiger partial charge on any atom is -0.368 e. The van der Waals surface area contributed by atoms with E-state index in [1.807, 2.05) is 40.1 Å². The molecule has 2 aromatic rings. The molecule has 1 atom stereocenters. The number of hydrogen-bond donors (Lipinski definition) is 1. The second kappa shape index (κ2) is 10.7. The van der Waals surface area contributed by atoms with Gasteiger partial charge >= 0.3 is 6.03 Å². The SMILES string of the molecule is Cc1cccc(N2CCN(C(=O)CCC3CCCN(C(=O)Nc4ccccc4)C3)CC2)c1C. The number of piperidine rings is 1. The number of nitrogens with zero attached hydrogens (tertiary/aromatic N) is 3. The molecule has 3 amide bonds. The van der Waals surface area contributed by atoms with Gasteiger partial charge in [-0.1, -0.05) is 30.3 Å². The first-order chi connectivity index (χ1) is 16.0. The molecule has 0 saturated carbocycles. The second-order valence-electron chi connectivity index (χ2n) is 9.38. The molecule has 1 N–H and O–H groups in total. The van der Waals surface area contributed by atoms with Crippen LogP contribution in [0.25, 0.3) is 0 Å². The van der Waals surface area contributed by atoms with Gasteiger partial charge in [-0.3, -0.25) is 4.79 Å². The summed E-state index contributed by atoms with van der Waals surface area (Å²) in [5, 5.41) is 2.98. The molecule has 2 aromatic carbocycles. The van der Waals surface area contributed by atoms with Crippen LogP contribution < -0.4 is 10.2 Å². The molecule has 0 bridgehead atoms. The molecular formula is C27H36N4O2. The zero-order valence-electron chi connectivity index (χ0n) is 19.9. The fourth-order valence-electron chi connectivity index (χ4n) is 4.97. The predicted octanol–water partition coefficient (Wildman–Crippen LogP) is 4.68. The van der Waals surface area contributed by atoms with Crippen molar-refractivity contribution in [1.29, 1.82) is 0 Å². The van der Waals surface area contributed by atoms with Gasteiger partial charge in [0.2, 0.25) is 5.91 Å². The topological polar surface area (TPSA) is 55.9 Å². The third-order valence-corrected chi connectivity index (χ3v) is 7.15. The number of likely N-dealkylation sites (tertiary alicyclic amines) is 1. The maximum atomic E-state index is 12.9. The number of amides is 3. The van der Waals surface area contributed by atoms with Crippen LogP contribution in [0, 0.1) is 19.8 Å². The van der Waals surface area contributed by atoms with Crippen molar-refractivity contribution < 1.29 is 9.59 Å². The molecule has 4 rings (SSSR count). The van der Waals surface area contributed by atoms with Crippen molar-refractivity contribution >= 4 is 23.3 Å². The maximum Gasteiger partial charge on any atom is 0.321 e. The maximum absolute atomic E-state index is 12.9. The van der Waals surface area contributed by atoms with Gasteiger partial charge in [-0.25, -0.2) is 4.79 Å². The number of piperazine rings is 1. The molecule has 0 spiro atoms. The van der Waals surface area contributed by atoms with Crippen LogP contribution in [0.2, 0.25) is 0 Å². The van der Waals surface area contributed by atoms with E-state index in [0.29, 0.717) is 12.3 Å². The summed E-state index contributed by atoms with van der Waals surface area (Å²) in [5.74, 6) is 0.641. The van der Waals surface area contributed by atoms with E-state index in [2.05, 4.69) is 42.3 Å². The molecule has 0 radical (unpaired) electrons. The monoisotopic (exact) mass is 448 g/mol. The third kappa shape index (κ3) is 5.86. The van der Waals surface area contributed by atoms with Crippen molar-refractivity contribution in [2.75, 3.05) is 49.5 Å². The van der Waals surface area contributed by atoms with E-state index >= 15 is 0 Å². The number of anilines is 2. The number of para-hydroxylation sites is 1. The lowest BCUT2D eigenvalue weighted by Gasteiger charge is -2.37. The Morgan fingerprint density at radius 2 is 1.67 bits per heavy atom. The molecule has 176 valence electrons. The number of aryl methyl sites for hydroxylation is 1. The highest BCUT2D eigenvalue weighted by atomic mass is 16.2. The van der Waals surface area contributed by atoms with E-state index in [-0.39, 0.29) is 11.9 Å². The van der Waals surface area contributed by atoms with Gasteiger partial charge in [0.25, 0.3) is 0 Å². The molecule has 2 heterocycles. The van der Waals surface area contributed by atoms with Crippen molar-refractivity contribution in [2.24, 2.45) is 5.92 Å². The van der Waals surface area contributed by atoms with Gasteiger partial charge in [0.1, 0.15) is 0 Å². The lowest BCUT2D eigenvalue weighted by atomic mass is 9.93. The molecule has 2 aliphatic rings. The summed E-state index contributed by atoms with van der Waals surface area (Å²) in [6.45, 7) is 9.16. The summed E-state index contributed by atoms with van der Waals surface area (Å²) in [7, 11) is 0. The lowest BCUT2D eigenvalue weighted by molar-refractivity contribution is -0.131. The summed E-state index contributed by atoms with van der Waals surface area (Å²) in [5.41, 5.74) is 4.75. The first-order valence-electron chi connectivity index (χ1n) is 12.2. The van der Waals surface area contributed by atoms with Gasteiger partial charge in [-0.2, -0.15) is 0 Å². The number of carbonyl (C=O) groups excluding carboxylic acids is 2. The van der Waals surface area contributed by atoms with E-state index in [4.69, 9.17) is 0 Å². The molecule has 0 aliphatic carbocycles. The lowest BCUT2D eigenvalue weighted by Crippen LogP contribution is -2.49. The Kier molecular flexibility index (Phi) is 7.53. The molecule has 1 unspecified atom stereocenters. The van der Waals surface area contributed by atoms with Gasteiger partial charge in [-0.05, 0) is 68.4 Å². The van der Waals surface area contributed by atoms with Crippen LogP contribution >= 0.6 is 0 Å². The third-order valence-electron chi connectivity index (χ3n) is 7.15. The van der Waals surface area contributed by atoms with Crippen LogP contribution in [0.4, 0.5) is 16.2 Å². The molecular weight excluding hydrogens is 412 g/mol. The predicted molar refractivity (Wildman–Crippen MR) is 134 cm³/mol. The Labute approximate surface area is 197 Å². The normalized spacial score (nSPS) is 18.8. The van der Waals surface area contributed by atoms with E-state index in [1.54, 1.807) is 0 Å². The van der Waals surface area contributed by atoms with Crippen molar-refractivity contribution in [2.45, 2.75) is 39.5 Å². The van der Waals surface area contributed by atoms with Crippen molar-refractivity contribution in [3.05, 3.63) is 59.7 Å². The Hall–Kier alpha value is -3.02. The first-order valence-corrected chi connectivity index (χ1v) is 12.2.